The van der Waals surface area contributed by atoms with Gasteiger partial charge in [-0.25, -0.2) is 0 Å². The highest BCUT2D eigenvalue weighted by atomic mass is 32.2. The third kappa shape index (κ3) is 13.1. The lowest BCUT2D eigenvalue weighted by atomic mass is 9.86. The zero-order chi connectivity index (χ0) is 40.1. The normalized spacial score (nSPS) is 11.6. The van der Waals surface area contributed by atoms with Crippen LogP contribution in [0.4, 0.5) is 22.7 Å². The Bertz CT molecular complexity index is 1660. The Morgan fingerprint density at radius 1 is 0.593 bits per heavy atom. The summed E-state index contributed by atoms with van der Waals surface area (Å²) in [7, 11) is 0. The van der Waals surface area contributed by atoms with Crippen LogP contribution >= 0.6 is 23.5 Å². The van der Waals surface area contributed by atoms with E-state index >= 15 is 0 Å². The van der Waals surface area contributed by atoms with Gasteiger partial charge in [-0.1, -0.05) is 47.6 Å². The lowest BCUT2D eigenvalue weighted by Crippen LogP contribution is -2.32. The van der Waals surface area contributed by atoms with Crippen LogP contribution in [0.5, 0.6) is 0 Å². The van der Waals surface area contributed by atoms with Gasteiger partial charge >= 0.3 is 0 Å². The second-order valence-corrected chi connectivity index (χ2v) is 16.9. The summed E-state index contributed by atoms with van der Waals surface area (Å²) in [4.78, 5) is 54.8. The van der Waals surface area contributed by atoms with E-state index in [-0.39, 0.29) is 53.4 Å². The van der Waals surface area contributed by atoms with Crippen LogP contribution < -0.4 is 49.5 Å². The molecular weight excluding hydrogens is 723 g/mol. The third-order valence-electron chi connectivity index (χ3n) is 8.11. The summed E-state index contributed by atoms with van der Waals surface area (Å²) < 4.78 is 0. The number of carbonyl (C=O) groups excluding carboxylic acids is 4. The molecule has 0 aromatic heterocycles. The van der Waals surface area contributed by atoms with Crippen molar-refractivity contribution in [2.75, 3.05) is 65.6 Å². The van der Waals surface area contributed by atoms with Crippen molar-refractivity contribution in [3.63, 3.8) is 0 Å². The average molecular weight is 780 g/mol. The summed E-state index contributed by atoms with van der Waals surface area (Å²) in [5.74, 6) is -0.238. The van der Waals surface area contributed by atoms with Crippen LogP contribution in [0.2, 0.25) is 0 Å². The van der Waals surface area contributed by atoms with E-state index < -0.39 is 11.8 Å². The number of nitrogens with two attached hydrogens (primary N) is 4. The minimum atomic E-state index is -0.441. The van der Waals surface area contributed by atoms with E-state index in [4.69, 9.17) is 22.9 Å². The Labute approximate surface area is 327 Å². The fourth-order valence-corrected chi connectivity index (χ4v) is 6.88. The maximum atomic E-state index is 13.9. The third-order valence-corrected chi connectivity index (χ3v) is 10.4. The number of carbonyl (C=O) groups is 4. The zero-order valence-electron chi connectivity index (χ0n) is 32.2. The van der Waals surface area contributed by atoms with Gasteiger partial charge in [0.1, 0.15) is 0 Å². The van der Waals surface area contributed by atoms with Crippen molar-refractivity contribution in [3.8, 4) is 0 Å². The number of hydrogen-bond donors (Lipinski definition) is 9. The van der Waals surface area contributed by atoms with E-state index in [2.05, 4.69) is 47.4 Å². The van der Waals surface area contributed by atoms with Crippen LogP contribution in [-0.4, -0.2) is 68.0 Å². The topological polar surface area (TPSA) is 233 Å². The molecule has 13 nitrogen and oxygen atoms in total. The minimum Gasteiger partial charge on any atom is -0.330 e. The maximum absolute atomic E-state index is 13.9. The van der Waals surface area contributed by atoms with Crippen LogP contribution in [0.25, 0.3) is 0 Å². The molecule has 0 aliphatic carbocycles. The van der Waals surface area contributed by atoms with Crippen molar-refractivity contribution < 1.29 is 19.2 Å². The standard InChI is InChI=1S/C39H57N9O4S2/c1-38(2,3)26-18-28(45-32(49)11-8-12-40)34(53-15-13-41)30(20-26)47-36(51)24-9-7-10-25(17-24)37(52)48-31-21-27(39(4,5)6)19-29(35(31)54-16-14-42)46-33(50)22-44-23-43/h7,9-10,17-21,44H,8,11-16,22-23,40-43H2,1-6H3,(H,45,49)(H,46,50)(H,47,51)(H,48,52). The zero-order valence-corrected chi connectivity index (χ0v) is 33.9. The molecule has 13 N–H and O–H groups in total. The Hall–Kier alpha value is -3.96. The molecule has 0 unspecified atom stereocenters. The Morgan fingerprint density at radius 2 is 1.02 bits per heavy atom. The van der Waals surface area contributed by atoms with E-state index in [1.165, 1.54) is 29.6 Å². The fourth-order valence-electron chi connectivity index (χ4n) is 5.17. The SMILES string of the molecule is CC(C)(C)c1cc(NC(=O)CCCN)c(SCCN)c(NC(=O)c2cccc(C(=O)Nc3cc(C(C)(C)C)cc(NC(=O)CNCN)c3SCCN)c2)c1. The number of nitrogens with one attached hydrogen (secondary N) is 5. The van der Waals surface area contributed by atoms with Gasteiger partial charge in [0.2, 0.25) is 11.8 Å². The van der Waals surface area contributed by atoms with Crippen molar-refractivity contribution in [2.24, 2.45) is 22.9 Å². The molecule has 0 atom stereocenters. The first kappa shape index (κ1) is 44.4. The summed E-state index contributed by atoms with van der Waals surface area (Å²) in [5, 5.41) is 14.9. The first-order chi connectivity index (χ1) is 25.5. The molecule has 3 rings (SSSR count). The van der Waals surface area contributed by atoms with Crippen LogP contribution in [-0.2, 0) is 20.4 Å². The number of rotatable bonds is 18. The highest BCUT2D eigenvalue weighted by Crippen LogP contribution is 2.41. The summed E-state index contributed by atoms with van der Waals surface area (Å²) in [6.07, 6.45) is 0.813. The Morgan fingerprint density at radius 3 is 1.41 bits per heavy atom. The highest BCUT2D eigenvalue weighted by molar-refractivity contribution is 7.99. The number of anilines is 4. The van der Waals surface area contributed by atoms with Crippen LogP contribution in [0.15, 0.2) is 58.3 Å². The quantitative estimate of drug-likeness (QED) is 0.0615. The second kappa shape index (κ2) is 20.6. The molecule has 0 fully saturated rings. The van der Waals surface area contributed by atoms with Gasteiger partial charge < -0.3 is 44.2 Å². The van der Waals surface area contributed by atoms with Crippen LogP contribution in [0, 0.1) is 0 Å². The first-order valence-corrected chi connectivity index (χ1v) is 20.0. The molecule has 0 aliphatic rings. The highest BCUT2D eigenvalue weighted by Gasteiger charge is 2.24. The largest absolute Gasteiger partial charge is 0.330 e. The molecule has 294 valence electrons. The summed E-state index contributed by atoms with van der Waals surface area (Å²) in [6.45, 7) is 13.6. The number of amides is 4. The van der Waals surface area contributed by atoms with Crippen molar-refractivity contribution in [1.29, 1.82) is 0 Å². The molecule has 0 radical (unpaired) electrons. The molecule has 4 amide bonds. The molecule has 54 heavy (non-hydrogen) atoms. The van der Waals surface area contributed by atoms with E-state index in [0.29, 0.717) is 70.1 Å². The molecule has 0 spiro atoms. The van der Waals surface area contributed by atoms with E-state index in [0.717, 1.165) is 11.1 Å². The number of benzene rings is 3. The minimum absolute atomic E-state index is 0.0201. The van der Waals surface area contributed by atoms with Gasteiger partial charge in [0.15, 0.2) is 0 Å². The monoisotopic (exact) mass is 779 g/mol. The van der Waals surface area contributed by atoms with Gasteiger partial charge in [-0.3, -0.25) is 24.5 Å². The van der Waals surface area contributed by atoms with Crippen molar-refractivity contribution in [2.45, 2.75) is 75.0 Å². The lowest BCUT2D eigenvalue weighted by molar-refractivity contribution is -0.116. The van der Waals surface area contributed by atoms with Gasteiger partial charge in [-0.15, -0.1) is 23.5 Å². The second-order valence-electron chi connectivity index (χ2n) is 14.7. The van der Waals surface area contributed by atoms with E-state index in [9.17, 15) is 19.2 Å². The molecule has 3 aromatic carbocycles. The summed E-state index contributed by atoms with van der Waals surface area (Å²) in [6, 6.07) is 14.1. The maximum Gasteiger partial charge on any atom is 0.255 e. The van der Waals surface area contributed by atoms with Crippen molar-refractivity contribution in [1.82, 2.24) is 5.32 Å². The van der Waals surface area contributed by atoms with Gasteiger partial charge in [0, 0.05) is 48.8 Å². The molecule has 3 aromatic rings. The van der Waals surface area contributed by atoms with Crippen LogP contribution in [0.1, 0.15) is 86.2 Å². The predicted octanol–water partition coefficient (Wildman–Crippen LogP) is 5.01. The Kier molecular flexibility index (Phi) is 17.0. The first-order valence-electron chi connectivity index (χ1n) is 18.0. The smallest absolute Gasteiger partial charge is 0.255 e. The lowest BCUT2D eigenvalue weighted by Gasteiger charge is -2.25. The van der Waals surface area contributed by atoms with Gasteiger partial charge in [0.05, 0.1) is 39.1 Å². The molecule has 0 saturated carbocycles. The van der Waals surface area contributed by atoms with Crippen LogP contribution in [0.3, 0.4) is 0 Å². The average Bonchev–Trinajstić information content (AvgIpc) is 3.11. The molecule has 0 bridgehead atoms. The molecular formula is C39H57N9O4S2. The number of thioether (sulfide) groups is 2. The number of hydrogen-bond acceptors (Lipinski definition) is 11. The van der Waals surface area contributed by atoms with E-state index in [1.54, 1.807) is 18.2 Å². The molecule has 15 heteroatoms. The Balaban J connectivity index is 2.02. The molecule has 0 heterocycles. The van der Waals surface area contributed by atoms with Gasteiger partial charge in [-0.2, -0.15) is 0 Å². The van der Waals surface area contributed by atoms with Gasteiger partial charge in [0.25, 0.3) is 11.8 Å². The van der Waals surface area contributed by atoms with Gasteiger partial charge in [-0.05, 0) is 77.4 Å². The molecule has 0 aliphatic heterocycles. The predicted molar refractivity (Wildman–Crippen MR) is 225 cm³/mol. The van der Waals surface area contributed by atoms with E-state index in [1.807, 2.05) is 45.0 Å². The summed E-state index contributed by atoms with van der Waals surface area (Å²) in [5.41, 5.74) is 26.7. The summed E-state index contributed by atoms with van der Waals surface area (Å²) >= 11 is 2.85. The molecule has 0 saturated heterocycles. The van der Waals surface area contributed by atoms with Crippen molar-refractivity contribution >= 4 is 69.9 Å². The fraction of sp³-hybridized carbons (Fsp3) is 0.436. The van der Waals surface area contributed by atoms with Crippen molar-refractivity contribution in [3.05, 3.63) is 70.8 Å².